The maximum atomic E-state index is 13.0. The van der Waals surface area contributed by atoms with Crippen LogP contribution in [0.2, 0.25) is 0 Å². The second-order valence-corrected chi connectivity index (χ2v) is 5.91. The summed E-state index contributed by atoms with van der Waals surface area (Å²) >= 11 is 0. The molecule has 0 bridgehead atoms. The van der Waals surface area contributed by atoms with E-state index in [2.05, 4.69) is 15.1 Å². The van der Waals surface area contributed by atoms with Gasteiger partial charge in [-0.3, -0.25) is 4.79 Å². The Morgan fingerprint density at radius 2 is 1.93 bits per heavy atom. The number of hydrogen-bond acceptors (Lipinski definition) is 4. The van der Waals surface area contributed by atoms with Gasteiger partial charge in [0, 0.05) is 23.5 Å². The molecule has 0 aliphatic carbocycles. The van der Waals surface area contributed by atoms with Gasteiger partial charge in [0.2, 0.25) is 5.95 Å². The van der Waals surface area contributed by atoms with E-state index in [1.807, 2.05) is 0 Å². The number of aromatic nitrogens is 4. The van der Waals surface area contributed by atoms with Crippen molar-refractivity contribution >= 4 is 17.7 Å². The normalized spacial score (nSPS) is 12.2. The summed E-state index contributed by atoms with van der Waals surface area (Å²) in [5.74, 6) is -1.51. The molecule has 0 saturated carbocycles. The summed E-state index contributed by atoms with van der Waals surface area (Å²) in [5, 5.41) is 4.07. The number of carbonyl (C=O) groups is 1. The first kappa shape index (κ1) is 19.2. The standard InChI is InChI=1S/C18H13F4N5O/c1-10-4-12(6-13(5-10)18(20,21)22)17-25-9-27(26-17)8-14(16(23)28)11-2-3-15(19)24-7-11/h2-9H,1H3,(H2,23,28)/b14-8-. The van der Waals surface area contributed by atoms with Crippen LogP contribution in [0.15, 0.2) is 42.9 Å². The van der Waals surface area contributed by atoms with Crippen LogP contribution < -0.4 is 5.73 Å². The number of amides is 1. The number of rotatable bonds is 4. The van der Waals surface area contributed by atoms with E-state index >= 15 is 0 Å². The maximum absolute atomic E-state index is 13.0. The van der Waals surface area contributed by atoms with Gasteiger partial charge >= 0.3 is 6.18 Å². The Hall–Kier alpha value is -3.56. The van der Waals surface area contributed by atoms with E-state index in [4.69, 9.17) is 5.73 Å². The highest BCUT2D eigenvalue weighted by molar-refractivity contribution is 6.22. The topological polar surface area (TPSA) is 86.7 Å². The molecule has 0 unspecified atom stereocenters. The predicted octanol–water partition coefficient (Wildman–Crippen LogP) is 3.29. The lowest BCUT2D eigenvalue weighted by atomic mass is 10.1. The van der Waals surface area contributed by atoms with Crippen LogP contribution in [-0.4, -0.2) is 25.7 Å². The summed E-state index contributed by atoms with van der Waals surface area (Å²) in [4.78, 5) is 19.1. The van der Waals surface area contributed by atoms with E-state index in [-0.39, 0.29) is 22.5 Å². The summed E-state index contributed by atoms with van der Waals surface area (Å²) in [5.41, 5.74) is 5.32. The fraction of sp³-hybridized carbons (Fsp3) is 0.111. The van der Waals surface area contributed by atoms with E-state index in [0.717, 1.165) is 29.1 Å². The Bertz CT molecular complexity index is 1050. The van der Waals surface area contributed by atoms with Crippen molar-refractivity contribution in [3.8, 4) is 11.4 Å². The number of nitrogens with two attached hydrogens (primary N) is 1. The first-order valence-corrected chi connectivity index (χ1v) is 7.87. The van der Waals surface area contributed by atoms with E-state index < -0.39 is 23.6 Å². The fourth-order valence-corrected chi connectivity index (χ4v) is 2.49. The Morgan fingerprint density at radius 1 is 1.18 bits per heavy atom. The summed E-state index contributed by atoms with van der Waals surface area (Å²) in [6.07, 6.45) is -0.934. The quantitative estimate of drug-likeness (QED) is 0.420. The van der Waals surface area contributed by atoms with Crippen molar-refractivity contribution in [3.63, 3.8) is 0 Å². The molecule has 2 N–H and O–H groups in total. The molecule has 0 saturated heterocycles. The number of alkyl halides is 3. The average Bonchev–Trinajstić information content (AvgIpc) is 3.08. The highest BCUT2D eigenvalue weighted by atomic mass is 19.4. The van der Waals surface area contributed by atoms with Crippen LogP contribution in [0, 0.1) is 12.9 Å². The van der Waals surface area contributed by atoms with Gasteiger partial charge < -0.3 is 5.73 Å². The van der Waals surface area contributed by atoms with Gasteiger partial charge in [-0.2, -0.15) is 17.6 Å². The minimum atomic E-state index is -4.50. The SMILES string of the molecule is Cc1cc(-c2ncn(/C=C(\C(N)=O)c3ccc(F)nc3)n2)cc(C(F)(F)F)c1. The molecule has 0 aliphatic rings. The van der Waals surface area contributed by atoms with Crippen molar-refractivity contribution in [1.82, 2.24) is 19.7 Å². The van der Waals surface area contributed by atoms with Crippen molar-refractivity contribution < 1.29 is 22.4 Å². The maximum Gasteiger partial charge on any atom is 0.416 e. The molecular weight excluding hydrogens is 378 g/mol. The number of benzene rings is 1. The molecule has 1 aromatic carbocycles. The first-order valence-electron chi connectivity index (χ1n) is 7.87. The third-order valence-corrected chi connectivity index (χ3v) is 3.74. The van der Waals surface area contributed by atoms with Crippen molar-refractivity contribution in [1.29, 1.82) is 0 Å². The molecule has 2 aromatic heterocycles. The molecular formula is C18H13F4N5O. The smallest absolute Gasteiger partial charge is 0.366 e. The van der Waals surface area contributed by atoms with Gasteiger partial charge in [0.05, 0.1) is 11.1 Å². The van der Waals surface area contributed by atoms with E-state index in [1.165, 1.54) is 31.6 Å². The molecule has 6 nitrogen and oxygen atoms in total. The molecule has 0 radical (unpaired) electrons. The second-order valence-electron chi connectivity index (χ2n) is 5.91. The number of carbonyl (C=O) groups excluding carboxylic acids is 1. The zero-order valence-electron chi connectivity index (χ0n) is 14.4. The van der Waals surface area contributed by atoms with Gasteiger partial charge in [-0.15, -0.1) is 5.10 Å². The van der Waals surface area contributed by atoms with Crippen molar-refractivity contribution in [2.45, 2.75) is 13.1 Å². The number of primary amides is 1. The predicted molar refractivity (Wildman–Crippen MR) is 92.8 cm³/mol. The van der Waals surface area contributed by atoms with Crippen LogP contribution in [0.3, 0.4) is 0 Å². The molecule has 0 aliphatic heterocycles. The highest BCUT2D eigenvalue weighted by Crippen LogP contribution is 2.32. The summed E-state index contributed by atoms with van der Waals surface area (Å²) in [7, 11) is 0. The van der Waals surface area contributed by atoms with Crippen LogP contribution in [0.1, 0.15) is 16.7 Å². The van der Waals surface area contributed by atoms with Gasteiger partial charge in [0.25, 0.3) is 5.91 Å². The zero-order valence-corrected chi connectivity index (χ0v) is 14.4. The Morgan fingerprint density at radius 3 is 2.54 bits per heavy atom. The van der Waals surface area contributed by atoms with Gasteiger partial charge in [-0.25, -0.2) is 14.6 Å². The summed E-state index contributed by atoms with van der Waals surface area (Å²) < 4.78 is 53.1. The van der Waals surface area contributed by atoms with Crippen LogP contribution in [0.25, 0.3) is 23.2 Å². The van der Waals surface area contributed by atoms with Crippen LogP contribution >= 0.6 is 0 Å². The van der Waals surface area contributed by atoms with Crippen molar-refractivity contribution in [2.24, 2.45) is 5.73 Å². The monoisotopic (exact) mass is 391 g/mol. The van der Waals surface area contributed by atoms with E-state index in [0.29, 0.717) is 5.56 Å². The number of hydrogen-bond donors (Lipinski definition) is 1. The van der Waals surface area contributed by atoms with Gasteiger partial charge in [-0.05, 0) is 42.8 Å². The van der Waals surface area contributed by atoms with Gasteiger partial charge in [0.15, 0.2) is 5.82 Å². The second kappa shape index (κ2) is 7.22. The highest BCUT2D eigenvalue weighted by Gasteiger charge is 2.31. The Kier molecular flexibility index (Phi) is 4.95. The third-order valence-electron chi connectivity index (χ3n) is 3.74. The summed E-state index contributed by atoms with van der Waals surface area (Å²) in [6, 6.07) is 5.84. The van der Waals surface area contributed by atoms with Gasteiger partial charge in [0.1, 0.15) is 6.33 Å². The van der Waals surface area contributed by atoms with Crippen molar-refractivity contribution in [3.05, 3.63) is 65.5 Å². The average molecular weight is 391 g/mol. The van der Waals surface area contributed by atoms with Gasteiger partial charge in [-0.1, -0.05) is 0 Å². The molecule has 0 atom stereocenters. The number of nitrogens with zero attached hydrogens (tertiary/aromatic N) is 4. The minimum absolute atomic E-state index is 0.0239. The molecule has 10 heteroatoms. The lowest BCUT2D eigenvalue weighted by Crippen LogP contribution is -2.14. The lowest BCUT2D eigenvalue weighted by molar-refractivity contribution is -0.137. The third kappa shape index (κ3) is 4.22. The lowest BCUT2D eigenvalue weighted by Gasteiger charge is -2.09. The summed E-state index contributed by atoms with van der Waals surface area (Å²) in [6.45, 7) is 1.53. The Labute approximate surface area is 156 Å². The van der Waals surface area contributed by atoms with Crippen molar-refractivity contribution in [2.75, 3.05) is 0 Å². The molecule has 2 heterocycles. The van der Waals surface area contributed by atoms with Crippen LogP contribution in [-0.2, 0) is 11.0 Å². The fourth-order valence-electron chi connectivity index (χ4n) is 2.49. The zero-order chi connectivity index (χ0) is 20.5. The molecule has 0 fully saturated rings. The molecule has 1 amide bonds. The van der Waals surface area contributed by atoms with E-state index in [9.17, 15) is 22.4 Å². The molecule has 3 rings (SSSR count). The molecule has 0 spiro atoms. The molecule has 3 aromatic rings. The Balaban J connectivity index is 1.99. The van der Waals surface area contributed by atoms with E-state index in [1.54, 1.807) is 0 Å². The number of aryl methyl sites for hydroxylation is 1. The first-order chi connectivity index (χ1) is 13.1. The number of pyridine rings is 1. The van der Waals surface area contributed by atoms with Crippen LogP contribution in [0.5, 0.6) is 0 Å². The number of halogens is 4. The minimum Gasteiger partial charge on any atom is -0.366 e. The molecule has 144 valence electrons. The largest absolute Gasteiger partial charge is 0.416 e. The molecule has 28 heavy (non-hydrogen) atoms. The van der Waals surface area contributed by atoms with Crippen LogP contribution in [0.4, 0.5) is 17.6 Å².